The van der Waals surface area contributed by atoms with Gasteiger partial charge in [-0.05, 0) is 68.8 Å². The average molecular weight is 390 g/mol. The summed E-state index contributed by atoms with van der Waals surface area (Å²) in [4.78, 5) is 19.5. The summed E-state index contributed by atoms with van der Waals surface area (Å²) in [5.74, 6) is 0.645. The number of nitrogens with zero attached hydrogens (tertiary/aromatic N) is 3. The van der Waals surface area contributed by atoms with Gasteiger partial charge < -0.3 is 14.4 Å². The molecule has 1 aromatic heterocycles. The lowest BCUT2D eigenvalue weighted by Crippen LogP contribution is -2.38. The van der Waals surface area contributed by atoms with Crippen LogP contribution in [0.1, 0.15) is 27.2 Å². The smallest absolute Gasteiger partial charge is 0.410 e. The highest BCUT2D eigenvalue weighted by molar-refractivity contribution is 7.97. The molecule has 1 fully saturated rings. The van der Waals surface area contributed by atoms with E-state index in [1.54, 1.807) is 25.3 Å². The van der Waals surface area contributed by atoms with Crippen molar-refractivity contribution in [3.8, 4) is 5.88 Å². The predicted molar refractivity (Wildman–Crippen MR) is 108 cm³/mol. The number of ether oxygens (including phenoxy) is 2. The lowest BCUT2D eigenvalue weighted by molar-refractivity contribution is 0.0260. The van der Waals surface area contributed by atoms with E-state index < -0.39 is 5.60 Å². The Morgan fingerprint density at radius 3 is 2.70 bits per heavy atom. The van der Waals surface area contributed by atoms with Crippen LogP contribution in [-0.2, 0) is 4.74 Å². The van der Waals surface area contributed by atoms with Crippen molar-refractivity contribution in [1.29, 1.82) is 0 Å². The molecule has 0 spiro atoms. The molecule has 0 aliphatic carbocycles. The molecule has 0 unspecified atom stereocenters. The van der Waals surface area contributed by atoms with Gasteiger partial charge in [0.1, 0.15) is 5.60 Å². The Kier molecular flexibility index (Phi) is 6.11. The lowest BCUT2D eigenvalue weighted by Gasteiger charge is -2.26. The van der Waals surface area contributed by atoms with Gasteiger partial charge >= 0.3 is 6.09 Å². The fourth-order valence-electron chi connectivity index (χ4n) is 2.99. The maximum atomic E-state index is 12.3. The van der Waals surface area contributed by atoms with E-state index in [-0.39, 0.29) is 6.09 Å². The maximum Gasteiger partial charge on any atom is 0.410 e. The molecule has 7 heteroatoms. The van der Waals surface area contributed by atoms with Crippen LogP contribution in [0.25, 0.3) is 10.8 Å². The van der Waals surface area contributed by atoms with Crippen LogP contribution in [0.5, 0.6) is 5.88 Å². The maximum absolute atomic E-state index is 12.3. The highest BCUT2D eigenvalue weighted by atomic mass is 32.2. The fraction of sp³-hybridized carbons (Fsp3) is 0.500. The van der Waals surface area contributed by atoms with Crippen molar-refractivity contribution in [3.63, 3.8) is 0 Å². The normalized spacial score (nSPS) is 16.2. The summed E-state index contributed by atoms with van der Waals surface area (Å²) in [5, 5.41) is 2.12. The second kappa shape index (κ2) is 8.35. The molecule has 0 saturated carbocycles. The van der Waals surface area contributed by atoms with Crippen LogP contribution in [0.15, 0.2) is 35.4 Å². The van der Waals surface area contributed by atoms with Crippen molar-refractivity contribution in [2.45, 2.75) is 37.7 Å². The number of pyridine rings is 1. The second-order valence-corrected chi connectivity index (χ2v) is 8.71. The second-order valence-electron chi connectivity index (χ2n) is 7.54. The topological polar surface area (TPSA) is 54.9 Å². The average Bonchev–Trinajstić information content (AvgIpc) is 2.85. The summed E-state index contributed by atoms with van der Waals surface area (Å²) in [6.45, 7) is 8.84. The molecule has 0 bridgehead atoms. The summed E-state index contributed by atoms with van der Waals surface area (Å²) in [6, 6.07) is 8.29. The largest absolute Gasteiger partial charge is 0.481 e. The van der Waals surface area contributed by atoms with Crippen LogP contribution in [0.3, 0.4) is 0 Å². The van der Waals surface area contributed by atoms with Crippen LogP contribution in [-0.4, -0.2) is 59.2 Å². The van der Waals surface area contributed by atoms with E-state index in [0.717, 1.165) is 36.8 Å². The molecule has 146 valence electrons. The first-order chi connectivity index (χ1) is 12.9. The predicted octanol–water partition coefficient (Wildman–Crippen LogP) is 4.19. The van der Waals surface area contributed by atoms with E-state index in [2.05, 4.69) is 21.4 Å². The summed E-state index contributed by atoms with van der Waals surface area (Å²) < 4.78 is 13.1. The Morgan fingerprint density at radius 2 is 1.96 bits per heavy atom. The van der Waals surface area contributed by atoms with E-state index in [1.165, 1.54) is 4.90 Å². The lowest BCUT2D eigenvalue weighted by atomic mass is 10.2. The van der Waals surface area contributed by atoms with Crippen molar-refractivity contribution in [2.24, 2.45) is 0 Å². The minimum Gasteiger partial charge on any atom is -0.481 e. The summed E-state index contributed by atoms with van der Waals surface area (Å²) >= 11 is 1.73. The molecule has 2 heterocycles. The molecule has 1 saturated heterocycles. The van der Waals surface area contributed by atoms with Crippen molar-refractivity contribution < 1.29 is 14.3 Å². The van der Waals surface area contributed by atoms with Crippen molar-refractivity contribution >= 4 is 28.8 Å². The van der Waals surface area contributed by atoms with Crippen molar-refractivity contribution in [2.75, 3.05) is 33.3 Å². The molecule has 0 atom stereocenters. The minimum absolute atomic E-state index is 0.223. The molecule has 2 aromatic rings. The van der Waals surface area contributed by atoms with Crippen LogP contribution in [0, 0.1) is 0 Å². The van der Waals surface area contributed by atoms with E-state index in [9.17, 15) is 4.79 Å². The number of carbonyl (C=O) groups excluding carboxylic acids is 1. The monoisotopic (exact) mass is 389 g/mol. The van der Waals surface area contributed by atoms with Gasteiger partial charge in [-0.15, -0.1) is 0 Å². The Hall–Kier alpha value is -1.99. The third-order valence-electron chi connectivity index (χ3n) is 4.23. The number of hydrogen-bond donors (Lipinski definition) is 0. The van der Waals surface area contributed by atoms with Gasteiger partial charge in [-0.25, -0.2) is 14.1 Å². The van der Waals surface area contributed by atoms with Gasteiger partial charge in [0.2, 0.25) is 5.88 Å². The molecule has 0 radical (unpaired) electrons. The zero-order valence-corrected chi connectivity index (χ0v) is 17.2. The number of methoxy groups -OCH3 is 1. The molecule has 1 aliphatic rings. The molecule has 3 rings (SSSR count). The van der Waals surface area contributed by atoms with Gasteiger partial charge in [0.15, 0.2) is 0 Å². The fourth-order valence-corrected chi connectivity index (χ4v) is 3.99. The number of benzene rings is 1. The van der Waals surface area contributed by atoms with E-state index in [1.807, 2.05) is 37.8 Å². The third kappa shape index (κ3) is 5.26. The zero-order chi connectivity index (χ0) is 19.4. The van der Waals surface area contributed by atoms with Gasteiger partial charge in [0, 0.05) is 42.7 Å². The van der Waals surface area contributed by atoms with E-state index >= 15 is 0 Å². The number of aromatic nitrogens is 1. The van der Waals surface area contributed by atoms with Gasteiger partial charge in [-0.3, -0.25) is 0 Å². The zero-order valence-electron chi connectivity index (χ0n) is 16.4. The van der Waals surface area contributed by atoms with Crippen molar-refractivity contribution in [3.05, 3.63) is 30.5 Å². The molecule has 1 amide bonds. The van der Waals surface area contributed by atoms with Crippen LogP contribution in [0.2, 0.25) is 0 Å². The van der Waals surface area contributed by atoms with Crippen LogP contribution in [0.4, 0.5) is 4.79 Å². The summed E-state index contributed by atoms with van der Waals surface area (Å²) in [6.07, 6.45) is 2.47. The SMILES string of the molecule is COc1nccc2cc(SN3CCCN(C(=O)OC(C)(C)C)CC3)ccc12. The first-order valence-corrected chi connectivity index (χ1v) is 9.97. The number of rotatable bonds is 3. The summed E-state index contributed by atoms with van der Waals surface area (Å²) in [5.41, 5.74) is -0.459. The van der Waals surface area contributed by atoms with E-state index in [0.29, 0.717) is 12.4 Å². The highest BCUT2D eigenvalue weighted by Crippen LogP contribution is 2.30. The first-order valence-electron chi connectivity index (χ1n) is 9.19. The van der Waals surface area contributed by atoms with Crippen LogP contribution < -0.4 is 4.74 Å². The molecule has 6 nitrogen and oxygen atoms in total. The summed E-state index contributed by atoms with van der Waals surface area (Å²) in [7, 11) is 1.64. The number of hydrogen-bond acceptors (Lipinski definition) is 6. The molecule has 0 N–H and O–H groups in total. The van der Waals surface area contributed by atoms with Gasteiger partial charge in [0.25, 0.3) is 0 Å². The Morgan fingerprint density at radius 1 is 1.15 bits per heavy atom. The quantitative estimate of drug-likeness (QED) is 0.734. The third-order valence-corrected chi connectivity index (χ3v) is 5.32. The number of fused-ring (bicyclic) bond motifs is 1. The van der Waals surface area contributed by atoms with Crippen LogP contribution >= 0.6 is 11.9 Å². The molecule has 27 heavy (non-hydrogen) atoms. The highest BCUT2D eigenvalue weighted by Gasteiger charge is 2.24. The Balaban J connectivity index is 1.63. The molecule has 1 aliphatic heterocycles. The van der Waals surface area contributed by atoms with Crippen molar-refractivity contribution in [1.82, 2.24) is 14.2 Å². The Labute approximate surface area is 165 Å². The number of carbonyl (C=O) groups is 1. The van der Waals surface area contributed by atoms with E-state index in [4.69, 9.17) is 9.47 Å². The molecular weight excluding hydrogens is 362 g/mol. The first kappa shape index (κ1) is 19.8. The Bertz CT molecular complexity index is 807. The molecule has 1 aromatic carbocycles. The van der Waals surface area contributed by atoms with Gasteiger partial charge in [-0.1, -0.05) is 0 Å². The standard InChI is InChI=1S/C20H27N3O3S/c1-20(2,3)26-19(24)22-10-5-11-23(13-12-22)27-16-6-7-17-15(14-16)8-9-21-18(17)25-4/h6-9,14H,5,10-13H2,1-4H3. The minimum atomic E-state index is -0.459. The van der Waals surface area contributed by atoms with Gasteiger partial charge in [0.05, 0.1) is 7.11 Å². The molecular formula is C20H27N3O3S. The number of amides is 1. The van der Waals surface area contributed by atoms with Gasteiger partial charge in [-0.2, -0.15) is 0 Å².